The van der Waals surface area contributed by atoms with Crippen LogP contribution in [0, 0.1) is 11.8 Å². The Balaban J connectivity index is 4.54. The van der Waals surface area contributed by atoms with E-state index in [1.807, 2.05) is 20.8 Å². The van der Waals surface area contributed by atoms with E-state index in [-0.39, 0.29) is 11.2 Å². The first-order valence-electron chi connectivity index (χ1n) is 6.28. The molecule has 0 aromatic rings. The van der Waals surface area contributed by atoms with Gasteiger partial charge in [0.2, 0.25) is 0 Å². The summed E-state index contributed by atoms with van der Waals surface area (Å²) in [4.78, 5) is 0. The van der Waals surface area contributed by atoms with Crippen LogP contribution in [0.4, 0.5) is 0 Å². The number of aliphatic hydroxyl groups is 2. The molecular weight excluding hydrogens is 220 g/mol. The molecule has 0 aliphatic heterocycles. The van der Waals surface area contributed by atoms with Crippen molar-refractivity contribution in [3.8, 4) is 0 Å². The second kappa shape index (κ2) is 6.87. The van der Waals surface area contributed by atoms with E-state index in [1.54, 1.807) is 0 Å². The Morgan fingerprint density at radius 3 is 1.94 bits per heavy atom. The lowest BCUT2D eigenvalue weighted by Crippen LogP contribution is -2.47. The topological polar surface area (TPSA) is 40.5 Å². The number of hydrogen-bond donors (Lipinski definition) is 3. The fourth-order valence-electron chi connectivity index (χ4n) is 1.93. The molecule has 0 saturated heterocycles. The minimum atomic E-state index is -0.971. The molecule has 0 amide bonds. The summed E-state index contributed by atoms with van der Waals surface area (Å²) in [5.74, 6) is 0.460. The summed E-state index contributed by atoms with van der Waals surface area (Å²) in [6.07, 6.45) is 1.45. The van der Waals surface area contributed by atoms with Crippen LogP contribution in [0.2, 0.25) is 0 Å². The lowest BCUT2D eigenvalue weighted by molar-refractivity contribution is -0.117. The van der Waals surface area contributed by atoms with Crippen molar-refractivity contribution in [2.45, 2.75) is 70.8 Å². The summed E-state index contributed by atoms with van der Waals surface area (Å²) in [7, 11) is 0. The third-order valence-electron chi connectivity index (χ3n) is 3.23. The van der Waals surface area contributed by atoms with Crippen LogP contribution in [0.15, 0.2) is 0 Å². The van der Waals surface area contributed by atoms with Gasteiger partial charge in [0.25, 0.3) is 0 Å². The Bertz CT molecular complexity index is 192. The molecule has 0 radical (unpaired) electrons. The molecule has 0 aliphatic rings. The molecule has 2 nitrogen and oxygen atoms in total. The second-order valence-corrected chi connectivity index (χ2v) is 6.56. The summed E-state index contributed by atoms with van der Waals surface area (Å²) in [5.41, 5.74) is -0.971. The Morgan fingerprint density at radius 2 is 1.62 bits per heavy atom. The molecule has 0 rings (SSSR count). The van der Waals surface area contributed by atoms with Crippen LogP contribution in [-0.4, -0.2) is 27.2 Å². The molecule has 0 aliphatic carbocycles. The van der Waals surface area contributed by atoms with Crippen LogP contribution < -0.4 is 0 Å². The average Bonchev–Trinajstić information content (AvgIpc) is 2.12. The fourth-order valence-corrected chi connectivity index (χ4v) is 2.06. The molecule has 2 N–H and O–H groups in total. The molecule has 0 aromatic carbocycles. The van der Waals surface area contributed by atoms with Crippen molar-refractivity contribution in [3.05, 3.63) is 0 Å². The van der Waals surface area contributed by atoms with E-state index in [4.69, 9.17) is 0 Å². The van der Waals surface area contributed by atoms with Crippen molar-refractivity contribution in [2.75, 3.05) is 0 Å². The molecule has 3 atom stereocenters. The minimum Gasteiger partial charge on any atom is -0.390 e. The zero-order valence-corrected chi connectivity index (χ0v) is 12.2. The van der Waals surface area contributed by atoms with Gasteiger partial charge in [-0.2, -0.15) is 12.6 Å². The Hall–Kier alpha value is 0.270. The maximum Gasteiger partial charge on any atom is 0.0928 e. The van der Waals surface area contributed by atoms with E-state index in [0.717, 1.165) is 6.42 Å². The van der Waals surface area contributed by atoms with Crippen LogP contribution in [-0.2, 0) is 0 Å². The molecule has 16 heavy (non-hydrogen) atoms. The smallest absolute Gasteiger partial charge is 0.0928 e. The molecule has 0 saturated carbocycles. The zero-order valence-electron chi connectivity index (χ0n) is 11.3. The lowest BCUT2D eigenvalue weighted by Gasteiger charge is -2.38. The van der Waals surface area contributed by atoms with E-state index in [2.05, 4.69) is 26.5 Å². The molecule has 0 fully saturated rings. The van der Waals surface area contributed by atoms with Gasteiger partial charge in [0.1, 0.15) is 0 Å². The highest BCUT2D eigenvalue weighted by atomic mass is 32.1. The lowest BCUT2D eigenvalue weighted by atomic mass is 9.78. The quantitative estimate of drug-likeness (QED) is 0.606. The molecule has 3 heteroatoms. The van der Waals surface area contributed by atoms with Crippen molar-refractivity contribution in [1.82, 2.24) is 0 Å². The Morgan fingerprint density at radius 1 is 1.12 bits per heavy atom. The van der Waals surface area contributed by atoms with Crippen molar-refractivity contribution in [3.63, 3.8) is 0 Å². The van der Waals surface area contributed by atoms with E-state index in [0.29, 0.717) is 18.8 Å². The summed E-state index contributed by atoms with van der Waals surface area (Å²) in [6, 6.07) is 0. The summed E-state index contributed by atoms with van der Waals surface area (Å²) < 4.78 is 0. The van der Waals surface area contributed by atoms with Gasteiger partial charge < -0.3 is 10.2 Å². The van der Waals surface area contributed by atoms with E-state index in [1.165, 1.54) is 0 Å². The third kappa shape index (κ3) is 5.07. The molecule has 0 bridgehead atoms. The first kappa shape index (κ1) is 16.3. The first-order chi connectivity index (χ1) is 7.20. The van der Waals surface area contributed by atoms with Crippen LogP contribution in [0.1, 0.15) is 53.9 Å². The van der Waals surface area contributed by atoms with Crippen molar-refractivity contribution < 1.29 is 10.2 Å². The van der Waals surface area contributed by atoms with Crippen LogP contribution >= 0.6 is 12.6 Å². The molecule has 0 spiro atoms. The van der Waals surface area contributed by atoms with Gasteiger partial charge in [-0.1, -0.05) is 34.6 Å². The summed E-state index contributed by atoms with van der Waals surface area (Å²) in [6.45, 7) is 10.1. The predicted molar refractivity (Wildman–Crippen MR) is 72.9 cm³/mol. The van der Waals surface area contributed by atoms with Crippen molar-refractivity contribution in [1.29, 1.82) is 0 Å². The standard InChI is InChI=1S/C13H28O2S/c1-9(2)8-12(14)13(15,10(3)4)7-6-11(5)16/h9-12,14-16H,6-8H2,1-5H3. The van der Waals surface area contributed by atoms with E-state index < -0.39 is 11.7 Å². The molecular formula is C13H28O2S. The van der Waals surface area contributed by atoms with Crippen LogP contribution in [0.5, 0.6) is 0 Å². The minimum absolute atomic E-state index is 0.0633. The monoisotopic (exact) mass is 248 g/mol. The number of aliphatic hydroxyl groups excluding tert-OH is 1. The van der Waals surface area contributed by atoms with Gasteiger partial charge in [0, 0.05) is 0 Å². The zero-order chi connectivity index (χ0) is 12.9. The normalized spacial score (nSPS) is 19.9. The number of hydrogen-bond acceptors (Lipinski definition) is 3. The summed E-state index contributed by atoms with van der Waals surface area (Å²) >= 11 is 4.32. The van der Waals surface area contributed by atoms with Gasteiger partial charge in [-0.3, -0.25) is 0 Å². The molecule has 98 valence electrons. The van der Waals surface area contributed by atoms with Crippen molar-refractivity contribution >= 4 is 12.6 Å². The van der Waals surface area contributed by atoms with Gasteiger partial charge in [-0.05, 0) is 36.3 Å². The van der Waals surface area contributed by atoms with Crippen LogP contribution in [0.25, 0.3) is 0 Å². The number of thiol groups is 1. The predicted octanol–water partition coefficient (Wildman–Crippen LogP) is 2.88. The highest BCUT2D eigenvalue weighted by Gasteiger charge is 2.38. The molecule has 3 unspecified atom stereocenters. The van der Waals surface area contributed by atoms with Gasteiger partial charge in [0.15, 0.2) is 0 Å². The highest BCUT2D eigenvalue weighted by Crippen LogP contribution is 2.31. The first-order valence-corrected chi connectivity index (χ1v) is 6.80. The highest BCUT2D eigenvalue weighted by molar-refractivity contribution is 7.80. The molecule has 0 heterocycles. The maximum absolute atomic E-state index is 10.6. The maximum atomic E-state index is 10.6. The second-order valence-electron chi connectivity index (χ2n) is 5.68. The van der Waals surface area contributed by atoms with Gasteiger partial charge in [-0.25, -0.2) is 0 Å². The Labute approximate surface area is 106 Å². The van der Waals surface area contributed by atoms with Crippen molar-refractivity contribution in [2.24, 2.45) is 11.8 Å². The van der Waals surface area contributed by atoms with Gasteiger partial charge in [-0.15, -0.1) is 0 Å². The molecule has 0 aromatic heterocycles. The average molecular weight is 248 g/mol. The van der Waals surface area contributed by atoms with Gasteiger partial charge >= 0.3 is 0 Å². The fraction of sp³-hybridized carbons (Fsp3) is 1.00. The van der Waals surface area contributed by atoms with Crippen LogP contribution in [0.3, 0.4) is 0 Å². The Kier molecular flexibility index (Phi) is 6.99. The van der Waals surface area contributed by atoms with Gasteiger partial charge in [0.05, 0.1) is 11.7 Å². The summed E-state index contributed by atoms with van der Waals surface area (Å²) in [5, 5.41) is 21.0. The van der Waals surface area contributed by atoms with E-state index in [9.17, 15) is 10.2 Å². The SMILES string of the molecule is CC(C)CC(O)C(O)(CCC(C)S)C(C)C. The third-order valence-corrected chi connectivity index (χ3v) is 3.49. The number of rotatable bonds is 7. The van der Waals surface area contributed by atoms with E-state index >= 15 is 0 Å². The largest absolute Gasteiger partial charge is 0.390 e.